The maximum absolute atomic E-state index is 10.3. The number of unbranched alkanes of at least 4 members (excludes halogenated alkanes) is 7. The van der Waals surface area contributed by atoms with Gasteiger partial charge in [0.2, 0.25) is 0 Å². The predicted octanol–water partition coefficient (Wildman–Crippen LogP) is 6.44. The zero-order chi connectivity index (χ0) is 16.3. The molecule has 0 amide bonds. The molecule has 0 saturated heterocycles. The van der Waals surface area contributed by atoms with E-state index in [0.717, 1.165) is 38.5 Å². The van der Waals surface area contributed by atoms with Crippen molar-refractivity contribution in [1.29, 1.82) is 0 Å². The molecule has 0 aromatic carbocycles. The van der Waals surface area contributed by atoms with Crippen LogP contribution in [-0.2, 0) is 4.79 Å². The monoisotopic (exact) mass is 306 g/mol. The van der Waals surface area contributed by atoms with Crippen LogP contribution in [0.4, 0.5) is 0 Å². The summed E-state index contributed by atoms with van der Waals surface area (Å²) in [5, 5.41) is 8.52. The molecular weight excluding hydrogens is 272 g/mol. The number of carboxylic acid groups (broad SMARTS) is 1. The first kappa shape index (κ1) is 20.7. The van der Waals surface area contributed by atoms with Crippen molar-refractivity contribution < 1.29 is 9.90 Å². The molecule has 0 bridgehead atoms. The molecule has 0 radical (unpaired) electrons. The number of allylic oxidation sites excluding steroid dienone is 6. The summed E-state index contributed by atoms with van der Waals surface area (Å²) >= 11 is 0. The lowest BCUT2D eigenvalue weighted by molar-refractivity contribution is -0.137. The van der Waals surface area contributed by atoms with E-state index in [1.807, 2.05) is 0 Å². The van der Waals surface area contributed by atoms with Gasteiger partial charge in [-0.15, -0.1) is 0 Å². The van der Waals surface area contributed by atoms with Crippen molar-refractivity contribution in [2.75, 3.05) is 0 Å². The van der Waals surface area contributed by atoms with Crippen molar-refractivity contribution in [3.05, 3.63) is 36.5 Å². The SMILES string of the molecule is CCC=CCC=CCCCCCC=CCCCCCC(=O)O. The fourth-order valence-corrected chi connectivity index (χ4v) is 2.21. The molecule has 2 heteroatoms. The second-order valence-corrected chi connectivity index (χ2v) is 5.69. The Labute approximate surface area is 137 Å². The Balaban J connectivity index is 3.20. The highest BCUT2D eigenvalue weighted by Crippen LogP contribution is 2.07. The Hall–Kier alpha value is -1.31. The van der Waals surface area contributed by atoms with E-state index in [1.54, 1.807) is 0 Å². The summed E-state index contributed by atoms with van der Waals surface area (Å²) in [5.74, 6) is -0.678. The summed E-state index contributed by atoms with van der Waals surface area (Å²) in [6, 6.07) is 0. The molecule has 0 saturated carbocycles. The summed E-state index contributed by atoms with van der Waals surface area (Å²) in [6.45, 7) is 2.16. The van der Waals surface area contributed by atoms with Crippen molar-refractivity contribution in [3.8, 4) is 0 Å². The summed E-state index contributed by atoms with van der Waals surface area (Å²) in [6.07, 6.45) is 26.3. The van der Waals surface area contributed by atoms with Gasteiger partial charge in [0.1, 0.15) is 0 Å². The van der Waals surface area contributed by atoms with E-state index in [9.17, 15) is 4.79 Å². The molecule has 0 aliphatic carbocycles. The summed E-state index contributed by atoms with van der Waals surface area (Å²) in [7, 11) is 0. The Morgan fingerprint density at radius 1 is 0.727 bits per heavy atom. The second kappa shape index (κ2) is 17.7. The van der Waals surface area contributed by atoms with E-state index in [-0.39, 0.29) is 0 Å². The van der Waals surface area contributed by atoms with Gasteiger partial charge in [-0.1, -0.05) is 56.2 Å². The third-order valence-electron chi connectivity index (χ3n) is 3.51. The first-order valence-electron chi connectivity index (χ1n) is 8.94. The molecule has 0 aliphatic heterocycles. The van der Waals surface area contributed by atoms with Gasteiger partial charge < -0.3 is 5.11 Å². The van der Waals surface area contributed by atoms with Gasteiger partial charge in [0.25, 0.3) is 0 Å². The highest BCUT2D eigenvalue weighted by Gasteiger charge is 1.94. The molecule has 0 aliphatic rings. The summed E-state index contributed by atoms with van der Waals surface area (Å²) in [4.78, 5) is 10.3. The molecular formula is C20H34O2. The summed E-state index contributed by atoms with van der Waals surface area (Å²) in [5.41, 5.74) is 0. The van der Waals surface area contributed by atoms with Crippen molar-refractivity contribution in [2.24, 2.45) is 0 Å². The van der Waals surface area contributed by atoms with Gasteiger partial charge in [0, 0.05) is 6.42 Å². The highest BCUT2D eigenvalue weighted by atomic mass is 16.4. The molecule has 0 spiro atoms. The van der Waals surface area contributed by atoms with Gasteiger partial charge in [-0.2, -0.15) is 0 Å². The molecule has 0 unspecified atom stereocenters. The normalized spacial score (nSPS) is 12.0. The maximum Gasteiger partial charge on any atom is 0.303 e. The van der Waals surface area contributed by atoms with Crippen LogP contribution in [-0.4, -0.2) is 11.1 Å². The quantitative estimate of drug-likeness (QED) is 0.279. The standard InChI is InChI=1S/C20H34O2/c1-2-3-4-5-6-7-8-9-10-11-12-13-14-15-16-17-18-19-20(21)22/h3-4,6-7,13-14H,2,5,8-12,15-19H2,1H3,(H,21,22). The van der Waals surface area contributed by atoms with Gasteiger partial charge in [-0.3, -0.25) is 4.79 Å². The lowest BCUT2D eigenvalue weighted by atomic mass is 10.1. The van der Waals surface area contributed by atoms with Crippen LogP contribution in [0.15, 0.2) is 36.5 Å². The molecule has 0 aromatic rings. The number of hydrogen-bond acceptors (Lipinski definition) is 1. The Kier molecular flexibility index (Phi) is 16.7. The Morgan fingerprint density at radius 3 is 1.77 bits per heavy atom. The zero-order valence-electron chi connectivity index (χ0n) is 14.3. The number of hydrogen-bond donors (Lipinski definition) is 1. The fraction of sp³-hybridized carbons (Fsp3) is 0.650. The van der Waals surface area contributed by atoms with E-state index < -0.39 is 5.97 Å². The van der Waals surface area contributed by atoms with Crippen molar-refractivity contribution >= 4 is 5.97 Å². The van der Waals surface area contributed by atoms with Crippen molar-refractivity contribution in [1.82, 2.24) is 0 Å². The van der Waals surface area contributed by atoms with Gasteiger partial charge in [-0.25, -0.2) is 0 Å². The molecule has 1 N–H and O–H groups in total. The predicted molar refractivity (Wildman–Crippen MR) is 96.1 cm³/mol. The number of carbonyl (C=O) groups is 1. The summed E-state index contributed by atoms with van der Waals surface area (Å²) < 4.78 is 0. The smallest absolute Gasteiger partial charge is 0.303 e. The number of rotatable bonds is 15. The fourth-order valence-electron chi connectivity index (χ4n) is 2.21. The Morgan fingerprint density at radius 2 is 1.23 bits per heavy atom. The Bertz CT molecular complexity index is 327. The van der Waals surface area contributed by atoms with Gasteiger partial charge >= 0.3 is 5.97 Å². The maximum atomic E-state index is 10.3. The first-order chi connectivity index (χ1) is 10.8. The van der Waals surface area contributed by atoms with Crippen LogP contribution in [0.2, 0.25) is 0 Å². The number of carboxylic acids is 1. The third kappa shape index (κ3) is 18.7. The average Bonchev–Trinajstić information content (AvgIpc) is 2.50. The average molecular weight is 306 g/mol. The largest absolute Gasteiger partial charge is 0.481 e. The van der Waals surface area contributed by atoms with Crippen LogP contribution in [0.5, 0.6) is 0 Å². The minimum Gasteiger partial charge on any atom is -0.481 e. The molecule has 0 fully saturated rings. The minimum absolute atomic E-state index is 0.313. The molecule has 0 heterocycles. The van der Waals surface area contributed by atoms with Gasteiger partial charge in [0.15, 0.2) is 0 Å². The van der Waals surface area contributed by atoms with Crippen LogP contribution in [0, 0.1) is 0 Å². The van der Waals surface area contributed by atoms with E-state index in [0.29, 0.717) is 6.42 Å². The second-order valence-electron chi connectivity index (χ2n) is 5.69. The van der Waals surface area contributed by atoms with Crippen molar-refractivity contribution in [3.63, 3.8) is 0 Å². The molecule has 0 rings (SSSR count). The van der Waals surface area contributed by atoms with Crippen LogP contribution in [0.3, 0.4) is 0 Å². The zero-order valence-corrected chi connectivity index (χ0v) is 14.3. The topological polar surface area (TPSA) is 37.3 Å². The lowest BCUT2D eigenvalue weighted by Gasteiger charge is -1.97. The van der Waals surface area contributed by atoms with Gasteiger partial charge in [0.05, 0.1) is 0 Å². The van der Waals surface area contributed by atoms with E-state index >= 15 is 0 Å². The first-order valence-corrected chi connectivity index (χ1v) is 8.94. The number of aliphatic carboxylic acids is 1. The van der Waals surface area contributed by atoms with E-state index in [1.165, 1.54) is 32.1 Å². The third-order valence-corrected chi connectivity index (χ3v) is 3.51. The molecule has 0 aromatic heterocycles. The molecule has 2 nitrogen and oxygen atoms in total. The van der Waals surface area contributed by atoms with E-state index in [2.05, 4.69) is 43.4 Å². The van der Waals surface area contributed by atoms with Crippen LogP contribution in [0.25, 0.3) is 0 Å². The van der Waals surface area contributed by atoms with Crippen LogP contribution >= 0.6 is 0 Å². The van der Waals surface area contributed by atoms with Gasteiger partial charge in [-0.05, 0) is 57.8 Å². The van der Waals surface area contributed by atoms with Crippen LogP contribution in [0.1, 0.15) is 84.0 Å². The highest BCUT2D eigenvalue weighted by molar-refractivity contribution is 5.66. The molecule has 22 heavy (non-hydrogen) atoms. The molecule has 0 atom stereocenters. The minimum atomic E-state index is -0.678. The lowest BCUT2D eigenvalue weighted by Crippen LogP contribution is -1.93. The van der Waals surface area contributed by atoms with E-state index in [4.69, 9.17) is 5.11 Å². The van der Waals surface area contributed by atoms with Crippen molar-refractivity contribution in [2.45, 2.75) is 84.0 Å². The van der Waals surface area contributed by atoms with Crippen LogP contribution < -0.4 is 0 Å². The molecule has 126 valence electrons.